The minimum atomic E-state index is -0.819. The summed E-state index contributed by atoms with van der Waals surface area (Å²) in [6, 6.07) is 14.4. The van der Waals surface area contributed by atoms with Crippen LogP contribution in [-0.2, 0) is 13.0 Å². The van der Waals surface area contributed by atoms with Crippen LogP contribution in [0, 0.1) is 24.1 Å². The molecule has 0 aliphatic rings. The number of hydrogen-bond donors (Lipinski definition) is 2. The van der Waals surface area contributed by atoms with E-state index in [1.165, 1.54) is 18.2 Å². The molecule has 4 rings (SSSR count). The van der Waals surface area contributed by atoms with E-state index in [1.807, 2.05) is 26.0 Å². The Bertz CT molecular complexity index is 1470. The Kier molecular flexibility index (Phi) is 6.06. The fraction of sp³-hybridized carbons (Fsp3) is 0.160. The van der Waals surface area contributed by atoms with E-state index in [0.717, 1.165) is 17.3 Å². The number of nitriles is 1. The summed E-state index contributed by atoms with van der Waals surface area (Å²) < 4.78 is 15.5. The van der Waals surface area contributed by atoms with E-state index in [4.69, 9.17) is 11.0 Å². The minimum absolute atomic E-state index is 0.132. The summed E-state index contributed by atoms with van der Waals surface area (Å²) in [6.07, 6.45) is 0.575. The van der Waals surface area contributed by atoms with Crippen molar-refractivity contribution in [2.24, 2.45) is 5.73 Å². The van der Waals surface area contributed by atoms with Crippen molar-refractivity contribution in [1.29, 1.82) is 5.26 Å². The number of amides is 2. The van der Waals surface area contributed by atoms with Gasteiger partial charge in [-0.2, -0.15) is 10.4 Å². The minimum Gasteiger partial charge on any atom is -0.364 e. The van der Waals surface area contributed by atoms with Gasteiger partial charge in [-0.3, -0.25) is 14.3 Å². The SMILES string of the molecule is CCc1nn(Cc2ccc(C#N)cc2)c(C)c1NC(=O)c1cc(C(N)=O)nc2cc(F)ccc12. The Labute approximate surface area is 194 Å². The zero-order valence-electron chi connectivity index (χ0n) is 18.6. The molecule has 2 aromatic heterocycles. The number of rotatable bonds is 6. The molecule has 0 unspecified atom stereocenters. The van der Waals surface area contributed by atoms with Crippen molar-refractivity contribution < 1.29 is 14.0 Å². The monoisotopic (exact) mass is 456 g/mol. The fourth-order valence-corrected chi connectivity index (χ4v) is 3.73. The van der Waals surface area contributed by atoms with Gasteiger partial charge in [0.15, 0.2) is 0 Å². The number of pyridine rings is 1. The second kappa shape index (κ2) is 9.11. The van der Waals surface area contributed by atoms with E-state index in [2.05, 4.69) is 21.5 Å². The van der Waals surface area contributed by atoms with Crippen LogP contribution in [0.25, 0.3) is 10.9 Å². The van der Waals surface area contributed by atoms with Crippen LogP contribution in [0.1, 0.15) is 50.3 Å². The maximum Gasteiger partial charge on any atom is 0.267 e. The molecule has 170 valence electrons. The molecule has 0 saturated heterocycles. The lowest BCUT2D eigenvalue weighted by Crippen LogP contribution is -2.18. The average Bonchev–Trinajstić information content (AvgIpc) is 3.12. The first kappa shape index (κ1) is 22.6. The number of nitrogens with zero attached hydrogens (tertiary/aromatic N) is 4. The van der Waals surface area contributed by atoms with Gasteiger partial charge in [-0.25, -0.2) is 9.37 Å². The molecule has 3 N–H and O–H groups in total. The van der Waals surface area contributed by atoms with Crippen LogP contribution in [0.3, 0.4) is 0 Å². The third-order valence-electron chi connectivity index (χ3n) is 5.54. The molecule has 0 bridgehead atoms. The number of nitrogens with one attached hydrogen (secondary N) is 1. The van der Waals surface area contributed by atoms with Gasteiger partial charge < -0.3 is 11.1 Å². The molecule has 4 aromatic rings. The fourth-order valence-electron chi connectivity index (χ4n) is 3.73. The van der Waals surface area contributed by atoms with Crippen LogP contribution in [0.5, 0.6) is 0 Å². The van der Waals surface area contributed by atoms with Crippen LogP contribution in [0.2, 0.25) is 0 Å². The topological polar surface area (TPSA) is 127 Å². The van der Waals surface area contributed by atoms with Crippen molar-refractivity contribution in [2.75, 3.05) is 5.32 Å². The normalized spacial score (nSPS) is 10.8. The number of anilines is 1. The number of benzene rings is 2. The van der Waals surface area contributed by atoms with E-state index in [1.54, 1.807) is 16.8 Å². The van der Waals surface area contributed by atoms with Gasteiger partial charge in [-0.05, 0) is 49.2 Å². The van der Waals surface area contributed by atoms with Gasteiger partial charge in [0, 0.05) is 11.5 Å². The molecular formula is C25H21FN6O2. The van der Waals surface area contributed by atoms with E-state index >= 15 is 0 Å². The van der Waals surface area contributed by atoms with Crippen molar-refractivity contribution in [3.8, 4) is 6.07 Å². The number of carbonyl (C=O) groups excluding carboxylic acids is 2. The molecular weight excluding hydrogens is 435 g/mol. The number of nitrogens with two attached hydrogens (primary N) is 1. The second-order valence-electron chi connectivity index (χ2n) is 7.76. The molecule has 0 aliphatic heterocycles. The Hall–Kier alpha value is -4.58. The van der Waals surface area contributed by atoms with Crippen molar-refractivity contribution in [3.05, 3.63) is 88.1 Å². The Morgan fingerprint density at radius 3 is 2.56 bits per heavy atom. The van der Waals surface area contributed by atoms with Crippen molar-refractivity contribution >= 4 is 28.4 Å². The third-order valence-corrected chi connectivity index (χ3v) is 5.54. The van der Waals surface area contributed by atoms with Gasteiger partial charge in [0.2, 0.25) is 0 Å². The first-order valence-corrected chi connectivity index (χ1v) is 10.6. The van der Waals surface area contributed by atoms with Gasteiger partial charge in [-0.1, -0.05) is 19.1 Å². The number of hydrogen-bond acceptors (Lipinski definition) is 5. The summed E-state index contributed by atoms with van der Waals surface area (Å²) in [4.78, 5) is 29.1. The number of primary amides is 1. The van der Waals surface area contributed by atoms with Gasteiger partial charge >= 0.3 is 0 Å². The average molecular weight is 456 g/mol. The van der Waals surface area contributed by atoms with Gasteiger partial charge in [0.1, 0.15) is 11.5 Å². The molecule has 2 aromatic carbocycles. The summed E-state index contributed by atoms with van der Waals surface area (Å²) in [6.45, 7) is 4.24. The maximum absolute atomic E-state index is 13.7. The summed E-state index contributed by atoms with van der Waals surface area (Å²) in [5.41, 5.74) is 9.08. The maximum atomic E-state index is 13.7. The molecule has 0 saturated carbocycles. The van der Waals surface area contributed by atoms with Crippen molar-refractivity contribution in [2.45, 2.75) is 26.8 Å². The van der Waals surface area contributed by atoms with Crippen LogP contribution >= 0.6 is 0 Å². The first-order valence-electron chi connectivity index (χ1n) is 10.6. The zero-order chi connectivity index (χ0) is 24.4. The van der Waals surface area contributed by atoms with Crippen LogP contribution in [0.4, 0.5) is 10.1 Å². The lowest BCUT2D eigenvalue weighted by atomic mass is 10.1. The molecule has 8 nitrogen and oxygen atoms in total. The number of aromatic nitrogens is 3. The molecule has 0 atom stereocenters. The van der Waals surface area contributed by atoms with Crippen LogP contribution in [-0.4, -0.2) is 26.6 Å². The molecule has 0 radical (unpaired) electrons. The van der Waals surface area contributed by atoms with Crippen molar-refractivity contribution in [1.82, 2.24) is 14.8 Å². The molecule has 34 heavy (non-hydrogen) atoms. The third kappa shape index (κ3) is 4.34. The second-order valence-corrected chi connectivity index (χ2v) is 7.76. The lowest BCUT2D eigenvalue weighted by molar-refractivity contribution is 0.0996. The number of carbonyl (C=O) groups is 2. The van der Waals surface area contributed by atoms with Crippen LogP contribution in [0.15, 0.2) is 48.5 Å². The quantitative estimate of drug-likeness (QED) is 0.457. The highest BCUT2D eigenvalue weighted by atomic mass is 19.1. The van der Waals surface area contributed by atoms with Crippen molar-refractivity contribution in [3.63, 3.8) is 0 Å². The summed E-state index contributed by atoms with van der Waals surface area (Å²) in [5.74, 6) is -1.85. The van der Waals surface area contributed by atoms with E-state index < -0.39 is 17.6 Å². The first-order chi connectivity index (χ1) is 16.3. The number of halogens is 1. The van der Waals surface area contributed by atoms with E-state index in [0.29, 0.717) is 35.3 Å². The standard InChI is InChI=1S/C25H21FN6O2/c1-3-20-23(14(2)32(31-20)13-16-6-4-15(12-27)5-7-16)30-25(34)19-11-22(24(28)33)29-21-10-17(26)8-9-18(19)21/h4-11H,3,13H2,1-2H3,(H2,28,33)(H,30,34). The Morgan fingerprint density at radius 2 is 1.91 bits per heavy atom. The Balaban J connectivity index is 1.70. The lowest BCUT2D eigenvalue weighted by Gasteiger charge is -2.11. The number of aryl methyl sites for hydroxylation is 1. The molecule has 9 heteroatoms. The largest absolute Gasteiger partial charge is 0.364 e. The van der Waals surface area contributed by atoms with Gasteiger partial charge in [-0.15, -0.1) is 0 Å². The van der Waals surface area contributed by atoms with E-state index in [9.17, 15) is 14.0 Å². The molecule has 0 spiro atoms. The zero-order valence-corrected chi connectivity index (χ0v) is 18.6. The van der Waals surface area contributed by atoms with E-state index in [-0.39, 0.29) is 16.8 Å². The molecule has 2 heterocycles. The summed E-state index contributed by atoms with van der Waals surface area (Å²) in [7, 11) is 0. The highest BCUT2D eigenvalue weighted by Gasteiger charge is 2.20. The van der Waals surface area contributed by atoms with Crippen LogP contribution < -0.4 is 11.1 Å². The van der Waals surface area contributed by atoms with Gasteiger partial charge in [0.25, 0.3) is 11.8 Å². The summed E-state index contributed by atoms with van der Waals surface area (Å²) in [5, 5.41) is 16.9. The summed E-state index contributed by atoms with van der Waals surface area (Å²) >= 11 is 0. The predicted molar refractivity (Wildman–Crippen MR) is 125 cm³/mol. The number of fused-ring (bicyclic) bond motifs is 1. The smallest absolute Gasteiger partial charge is 0.267 e. The highest BCUT2D eigenvalue weighted by Crippen LogP contribution is 2.25. The predicted octanol–water partition coefficient (Wildman–Crippen LogP) is 3.71. The molecule has 0 fully saturated rings. The molecule has 2 amide bonds. The Morgan fingerprint density at radius 1 is 1.18 bits per heavy atom. The molecule has 0 aliphatic carbocycles. The van der Waals surface area contributed by atoms with Gasteiger partial charge in [0.05, 0.1) is 46.3 Å². The highest BCUT2D eigenvalue weighted by molar-refractivity contribution is 6.14.